The van der Waals surface area contributed by atoms with E-state index in [9.17, 15) is 0 Å². The molecule has 0 aromatic heterocycles. The molecule has 0 aliphatic rings. The number of nitrogens with one attached hydrogen (secondary N) is 1. The van der Waals surface area contributed by atoms with Gasteiger partial charge in [0.15, 0.2) is 0 Å². The molecule has 0 saturated heterocycles. The fourth-order valence-electron chi connectivity index (χ4n) is 0.962. The van der Waals surface area contributed by atoms with Crippen LogP contribution in [0.1, 0.15) is 13.8 Å². The van der Waals surface area contributed by atoms with E-state index in [1.807, 2.05) is 24.3 Å². The van der Waals surface area contributed by atoms with E-state index < -0.39 is 0 Å². The Balaban J connectivity index is 2.71. The number of anilines is 1. The van der Waals surface area contributed by atoms with Crippen LogP contribution in [0.15, 0.2) is 24.3 Å². The summed E-state index contributed by atoms with van der Waals surface area (Å²) in [6.45, 7) is 4.20. The third-order valence-corrected chi connectivity index (χ3v) is 1.34. The van der Waals surface area contributed by atoms with E-state index in [0.29, 0.717) is 6.04 Å². The van der Waals surface area contributed by atoms with Gasteiger partial charge < -0.3 is 5.32 Å². The molecule has 0 atom stereocenters. The van der Waals surface area contributed by atoms with Crippen molar-refractivity contribution in [1.29, 1.82) is 0 Å². The van der Waals surface area contributed by atoms with E-state index in [4.69, 9.17) is 7.85 Å². The molecule has 11 heavy (non-hydrogen) atoms. The van der Waals surface area contributed by atoms with Crippen molar-refractivity contribution in [2.45, 2.75) is 19.9 Å². The van der Waals surface area contributed by atoms with Gasteiger partial charge in [-0.2, -0.15) is 0 Å². The van der Waals surface area contributed by atoms with Gasteiger partial charge in [0.2, 0.25) is 0 Å². The number of benzene rings is 1. The maximum absolute atomic E-state index is 5.59. The second-order valence-corrected chi connectivity index (χ2v) is 2.92. The summed E-state index contributed by atoms with van der Waals surface area (Å²) in [7, 11) is 5.59. The van der Waals surface area contributed by atoms with Gasteiger partial charge in [-0.15, -0.1) is 0 Å². The van der Waals surface area contributed by atoms with Crippen molar-refractivity contribution in [2.24, 2.45) is 0 Å². The van der Waals surface area contributed by atoms with Crippen molar-refractivity contribution in [2.75, 3.05) is 5.32 Å². The summed E-state index contributed by atoms with van der Waals surface area (Å²) in [5.74, 6) is 0. The molecule has 0 fully saturated rings. The third-order valence-electron chi connectivity index (χ3n) is 1.34. The minimum absolute atomic E-state index is 0.455. The Bertz CT molecular complexity index is 233. The Hall–Kier alpha value is -0.915. The van der Waals surface area contributed by atoms with Gasteiger partial charge >= 0.3 is 0 Å². The fourth-order valence-corrected chi connectivity index (χ4v) is 0.962. The monoisotopic (exact) mass is 145 g/mol. The van der Waals surface area contributed by atoms with E-state index in [0.717, 1.165) is 11.2 Å². The molecule has 0 heterocycles. The van der Waals surface area contributed by atoms with Crippen LogP contribution in [0.3, 0.4) is 0 Å². The lowest BCUT2D eigenvalue weighted by atomic mass is 9.96. The van der Waals surface area contributed by atoms with Gasteiger partial charge in [-0.3, -0.25) is 0 Å². The lowest BCUT2D eigenvalue weighted by Gasteiger charge is -2.09. The summed E-state index contributed by atoms with van der Waals surface area (Å²) < 4.78 is 0. The largest absolute Gasteiger partial charge is 0.383 e. The summed E-state index contributed by atoms with van der Waals surface area (Å²) in [5, 5.41) is 3.27. The standard InChI is InChI=1S/C9H12BN/c1-7(2)11-9-5-3-4-8(10)6-9/h3-7,11H,1-2H3. The van der Waals surface area contributed by atoms with E-state index in [-0.39, 0.29) is 0 Å². The van der Waals surface area contributed by atoms with E-state index in [2.05, 4.69) is 19.2 Å². The quantitative estimate of drug-likeness (QED) is 0.618. The highest BCUT2D eigenvalue weighted by molar-refractivity contribution is 6.32. The first-order chi connectivity index (χ1) is 5.18. The van der Waals surface area contributed by atoms with Gasteiger partial charge in [0.05, 0.1) is 0 Å². The Labute approximate surface area is 69.2 Å². The van der Waals surface area contributed by atoms with E-state index in [1.165, 1.54) is 0 Å². The molecule has 2 heteroatoms. The Kier molecular flexibility index (Phi) is 2.58. The van der Waals surface area contributed by atoms with Crippen LogP contribution in [-0.4, -0.2) is 13.9 Å². The van der Waals surface area contributed by atoms with Crippen molar-refractivity contribution < 1.29 is 0 Å². The topological polar surface area (TPSA) is 12.0 Å². The molecule has 1 rings (SSSR count). The zero-order chi connectivity index (χ0) is 8.27. The average molecular weight is 145 g/mol. The van der Waals surface area contributed by atoms with Crippen molar-refractivity contribution in [1.82, 2.24) is 0 Å². The third kappa shape index (κ3) is 2.66. The fraction of sp³-hybridized carbons (Fsp3) is 0.333. The minimum atomic E-state index is 0.455. The first-order valence-corrected chi connectivity index (χ1v) is 3.80. The Morgan fingerprint density at radius 3 is 2.64 bits per heavy atom. The molecule has 0 amide bonds. The molecule has 1 nitrogen and oxygen atoms in total. The van der Waals surface area contributed by atoms with Crippen LogP contribution in [0.5, 0.6) is 0 Å². The minimum Gasteiger partial charge on any atom is -0.383 e. The molecule has 0 unspecified atom stereocenters. The highest BCUT2D eigenvalue weighted by atomic mass is 14.9. The number of hydrogen-bond acceptors (Lipinski definition) is 1. The van der Waals surface area contributed by atoms with Crippen LogP contribution in [0.4, 0.5) is 5.69 Å². The maximum atomic E-state index is 5.59. The summed E-state index contributed by atoms with van der Waals surface area (Å²) in [4.78, 5) is 0. The van der Waals surface area contributed by atoms with Crippen molar-refractivity contribution >= 4 is 19.0 Å². The predicted molar refractivity (Wildman–Crippen MR) is 50.6 cm³/mol. The summed E-state index contributed by atoms with van der Waals surface area (Å²) in [6.07, 6.45) is 0. The second-order valence-electron chi connectivity index (χ2n) is 2.92. The first-order valence-electron chi connectivity index (χ1n) is 3.80. The Morgan fingerprint density at radius 2 is 2.09 bits per heavy atom. The molecule has 0 aliphatic carbocycles. The normalized spacial score (nSPS) is 10.1. The number of hydrogen-bond donors (Lipinski definition) is 1. The summed E-state index contributed by atoms with van der Waals surface area (Å²) in [6, 6.07) is 8.22. The first kappa shape index (κ1) is 8.18. The molecule has 1 aromatic rings. The molecular formula is C9H12BN. The number of rotatable bonds is 2. The van der Waals surface area contributed by atoms with Crippen LogP contribution in [0.2, 0.25) is 0 Å². The SMILES string of the molecule is [B]c1cccc(NC(C)C)c1. The zero-order valence-electron chi connectivity index (χ0n) is 6.96. The lowest BCUT2D eigenvalue weighted by Crippen LogP contribution is -2.11. The average Bonchev–Trinajstić information content (AvgIpc) is 1.85. The zero-order valence-corrected chi connectivity index (χ0v) is 6.96. The molecule has 0 spiro atoms. The van der Waals surface area contributed by atoms with Crippen LogP contribution in [0.25, 0.3) is 0 Å². The van der Waals surface area contributed by atoms with E-state index >= 15 is 0 Å². The van der Waals surface area contributed by atoms with Gasteiger partial charge in [-0.1, -0.05) is 17.6 Å². The molecule has 1 N–H and O–H groups in total. The molecule has 2 radical (unpaired) electrons. The maximum Gasteiger partial charge on any atom is 0.113 e. The smallest absolute Gasteiger partial charge is 0.113 e. The van der Waals surface area contributed by atoms with Crippen molar-refractivity contribution in [3.05, 3.63) is 24.3 Å². The van der Waals surface area contributed by atoms with Crippen LogP contribution < -0.4 is 10.8 Å². The summed E-state index contributed by atoms with van der Waals surface area (Å²) in [5.41, 5.74) is 1.88. The predicted octanol–water partition coefficient (Wildman–Crippen LogP) is 1.30. The van der Waals surface area contributed by atoms with Crippen LogP contribution in [0, 0.1) is 0 Å². The van der Waals surface area contributed by atoms with Gasteiger partial charge in [-0.05, 0) is 26.0 Å². The van der Waals surface area contributed by atoms with Crippen LogP contribution in [-0.2, 0) is 0 Å². The molecular weight excluding hydrogens is 133 g/mol. The van der Waals surface area contributed by atoms with E-state index in [1.54, 1.807) is 0 Å². The molecule has 56 valence electrons. The highest BCUT2D eigenvalue weighted by Crippen LogP contribution is 2.04. The highest BCUT2D eigenvalue weighted by Gasteiger charge is 1.93. The van der Waals surface area contributed by atoms with Gasteiger partial charge in [0.25, 0.3) is 0 Å². The van der Waals surface area contributed by atoms with Crippen molar-refractivity contribution in [3.63, 3.8) is 0 Å². The molecule has 0 bridgehead atoms. The summed E-state index contributed by atoms with van der Waals surface area (Å²) >= 11 is 0. The van der Waals surface area contributed by atoms with Gasteiger partial charge in [-0.25, -0.2) is 0 Å². The Morgan fingerprint density at radius 1 is 1.36 bits per heavy atom. The second kappa shape index (κ2) is 3.47. The molecule has 0 aliphatic heterocycles. The molecule has 0 saturated carbocycles. The lowest BCUT2D eigenvalue weighted by molar-refractivity contribution is 0.900. The van der Waals surface area contributed by atoms with Crippen molar-refractivity contribution in [3.8, 4) is 0 Å². The van der Waals surface area contributed by atoms with Gasteiger partial charge in [0, 0.05) is 11.7 Å². The van der Waals surface area contributed by atoms with Gasteiger partial charge in [0.1, 0.15) is 7.85 Å². The van der Waals surface area contributed by atoms with Crippen LogP contribution >= 0.6 is 0 Å². The molecule has 1 aromatic carbocycles.